The summed E-state index contributed by atoms with van der Waals surface area (Å²) in [6, 6.07) is 8.02. The molecule has 1 unspecified atom stereocenters. The van der Waals surface area contributed by atoms with E-state index in [0.29, 0.717) is 0 Å². The number of hydrogen-bond acceptors (Lipinski definition) is 1. The number of benzene rings is 1. The fraction of sp³-hybridized carbons (Fsp3) is 0.167. The Morgan fingerprint density at radius 3 is 2.41 bits per heavy atom. The Kier molecular flexibility index (Phi) is 4.75. The molecule has 2 aromatic rings. The lowest BCUT2D eigenvalue weighted by Gasteiger charge is -2.10. The molecule has 0 radical (unpaired) electrons. The van der Waals surface area contributed by atoms with Crippen molar-refractivity contribution in [2.45, 2.75) is 11.8 Å². The van der Waals surface area contributed by atoms with Gasteiger partial charge < -0.3 is 0 Å². The van der Waals surface area contributed by atoms with Gasteiger partial charge in [0.05, 0.1) is 4.83 Å². The van der Waals surface area contributed by atoms with Crippen molar-refractivity contribution in [3.05, 3.63) is 53.6 Å². The zero-order valence-corrected chi connectivity index (χ0v) is 15.1. The number of hydrogen-bond donors (Lipinski definition) is 0. The van der Waals surface area contributed by atoms with E-state index >= 15 is 0 Å². The Labute approximate surface area is 135 Å². The predicted octanol–water partition coefficient (Wildman–Crippen LogP) is 6.72. The molecule has 0 bridgehead atoms. The summed E-state index contributed by atoms with van der Waals surface area (Å²) in [5.74, 6) is 0. The van der Waals surface area contributed by atoms with Gasteiger partial charge in [-0.15, -0.1) is 11.3 Å². The maximum absolute atomic E-state index is 5.95. The number of thiophene rings is 1. The molecule has 0 aliphatic carbocycles. The smallest absolute Gasteiger partial charge is 0.0749 e. The van der Waals surface area contributed by atoms with Crippen LogP contribution in [0.25, 0.3) is 0 Å². The van der Waals surface area contributed by atoms with Crippen molar-refractivity contribution >= 4 is 70.7 Å². The minimum absolute atomic E-state index is 0.184. The molecule has 90 valence electrons. The zero-order valence-electron chi connectivity index (χ0n) is 8.81. The van der Waals surface area contributed by atoms with Crippen molar-refractivity contribution in [3.8, 4) is 0 Å². The van der Waals surface area contributed by atoms with Crippen molar-refractivity contribution in [3.63, 3.8) is 0 Å². The zero-order chi connectivity index (χ0) is 12.6. The highest BCUT2D eigenvalue weighted by molar-refractivity contribution is 9.11. The standard InChI is InChI=1S/C12H8Br3ClS/c1-6-9(13)5-11(17-6)12(15)8-3-2-7(16)4-10(8)14/h2-5,12H,1H3. The molecule has 0 saturated heterocycles. The summed E-state index contributed by atoms with van der Waals surface area (Å²) in [6.45, 7) is 2.11. The van der Waals surface area contributed by atoms with Gasteiger partial charge in [-0.1, -0.05) is 49.5 Å². The van der Waals surface area contributed by atoms with E-state index in [2.05, 4.69) is 60.8 Å². The van der Waals surface area contributed by atoms with Crippen molar-refractivity contribution in [1.82, 2.24) is 0 Å². The van der Waals surface area contributed by atoms with E-state index in [-0.39, 0.29) is 4.83 Å². The fourth-order valence-corrected chi connectivity index (χ4v) is 5.06. The van der Waals surface area contributed by atoms with Crippen LogP contribution in [0.4, 0.5) is 0 Å². The average molecular weight is 459 g/mol. The van der Waals surface area contributed by atoms with Crippen LogP contribution in [0.1, 0.15) is 20.1 Å². The highest BCUT2D eigenvalue weighted by Crippen LogP contribution is 2.41. The van der Waals surface area contributed by atoms with E-state index in [0.717, 1.165) is 14.0 Å². The van der Waals surface area contributed by atoms with Crippen LogP contribution in [0.3, 0.4) is 0 Å². The van der Waals surface area contributed by atoms with E-state index in [9.17, 15) is 0 Å². The first-order valence-corrected chi connectivity index (χ1v) is 8.53. The van der Waals surface area contributed by atoms with E-state index < -0.39 is 0 Å². The highest BCUT2D eigenvalue weighted by Gasteiger charge is 2.16. The Morgan fingerprint density at radius 2 is 1.88 bits per heavy atom. The SMILES string of the molecule is Cc1sc(C(Br)c2ccc(Cl)cc2Br)cc1Br. The van der Waals surface area contributed by atoms with Crippen LogP contribution in [0.5, 0.6) is 0 Å². The number of aryl methyl sites for hydroxylation is 1. The molecular weight excluding hydrogens is 451 g/mol. The molecule has 1 aromatic heterocycles. The van der Waals surface area contributed by atoms with Gasteiger partial charge in [-0.25, -0.2) is 0 Å². The largest absolute Gasteiger partial charge is 0.143 e. The Bertz CT molecular complexity index is 531. The molecule has 0 saturated carbocycles. The van der Waals surface area contributed by atoms with E-state index in [1.165, 1.54) is 15.3 Å². The second-order valence-corrected chi connectivity index (χ2v) is 7.93. The summed E-state index contributed by atoms with van der Waals surface area (Å²) < 4.78 is 2.18. The average Bonchev–Trinajstić information content (AvgIpc) is 2.58. The number of alkyl halides is 1. The first-order valence-electron chi connectivity index (χ1n) is 4.84. The fourth-order valence-electron chi connectivity index (χ4n) is 1.47. The summed E-state index contributed by atoms with van der Waals surface area (Å²) in [5.41, 5.74) is 1.18. The maximum atomic E-state index is 5.95. The highest BCUT2D eigenvalue weighted by atomic mass is 79.9. The van der Waals surface area contributed by atoms with E-state index in [4.69, 9.17) is 11.6 Å². The second kappa shape index (κ2) is 5.74. The van der Waals surface area contributed by atoms with Crippen molar-refractivity contribution in [2.24, 2.45) is 0 Å². The number of rotatable bonds is 2. The Morgan fingerprint density at radius 1 is 1.18 bits per heavy atom. The van der Waals surface area contributed by atoms with Gasteiger partial charge in [-0.3, -0.25) is 0 Å². The molecule has 0 aliphatic rings. The van der Waals surface area contributed by atoms with Gasteiger partial charge >= 0.3 is 0 Å². The van der Waals surface area contributed by atoms with Crippen molar-refractivity contribution < 1.29 is 0 Å². The summed E-state index contributed by atoms with van der Waals surface area (Å²) in [4.78, 5) is 2.75. The molecule has 17 heavy (non-hydrogen) atoms. The lowest BCUT2D eigenvalue weighted by atomic mass is 10.1. The van der Waals surface area contributed by atoms with Gasteiger partial charge in [-0.2, -0.15) is 0 Å². The van der Waals surface area contributed by atoms with E-state index in [1.807, 2.05) is 18.2 Å². The molecule has 0 amide bonds. The van der Waals surface area contributed by atoms with Gasteiger partial charge in [0.15, 0.2) is 0 Å². The van der Waals surface area contributed by atoms with Gasteiger partial charge in [0.1, 0.15) is 0 Å². The molecule has 2 rings (SSSR count). The lowest BCUT2D eigenvalue weighted by Crippen LogP contribution is -1.90. The minimum Gasteiger partial charge on any atom is -0.143 e. The van der Waals surface area contributed by atoms with Gasteiger partial charge in [0.25, 0.3) is 0 Å². The normalized spacial score (nSPS) is 12.8. The molecule has 0 fully saturated rings. The summed E-state index contributed by atoms with van der Waals surface area (Å²) in [5, 5.41) is 0.740. The van der Waals surface area contributed by atoms with Gasteiger partial charge in [-0.05, 0) is 46.6 Å². The Hall–Kier alpha value is 0.650. The molecule has 1 heterocycles. The van der Waals surface area contributed by atoms with Gasteiger partial charge in [0.2, 0.25) is 0 Å². The first kappa shape index (κ1) is 14.1. The monoisotopic (exact) mass is 456 g/mol. The number of halogens is 4. The minimum atomic E-state index is 0.184. The topological polar surface area (TPSA) is 0 Å². The summed E-state index contributed by atoms with van der Waals surface area (Å²) in [7, 11) is 0. The van der Waals surface area contributed by atoms with Crippen LogP contribution in [0.2, 0.25) is 5.02 Å². The molecule has 5 heteroatoms. The molecule has 0 spiro atoms. The lowest BCUT2D eigenvalue weighted by molar-refractivity contribution is 1.21. The van der Waals surface area contributed by atoms with Crippen LogP contribution in [-0.2, 0) is 0 Å². The third-order valence-electron chi connectivity index (χ3n) is 2.36. The van der Waals surface area contributed by atoms with Crippen LogP contribution < -0.4 is 0 Å². The molecule has 0 nitrogen and oxygen atoms in total. The third kappa shape index (κ3) is 3.16. The van der Waals surface area contributed by atoms with Crippen LogP contribution in [0.15, 0.2) is 33.2 Å². The van der Waals surface area contributed by atoms with Crippen LogP contribution in [-0.4, -0.2) is 0 Å². The molecule has 0 aliphatic heterocycles. The predicted molar refractivity (Wildman–Crippen MR) is 86.7 cm³/mol. The third-order valence-corrected chi connectivity index (χ3v) is 6.77. The van der Waals surface area contributed by atoms with Crippen molar-refractivity contribution in [1.29, 1.82) is 0 Å². The molecule has 0 N–H and O–H groups in total. The molecule has 1 aromatic carbocycles. The van der Waals surface area contributed by atoms with Gasteiger partial charge in [0, 0.05) is 23.7 Å². The quantitative estimate of drug-likeness (QED) is 0.438. The van der Waals surface area contributed by atoms with Crippen LogP contribution >= 0.6 is 70.7 Å². The van der Waals surface area contributed by atoms with Crippen LogP contribution in [0, 0.1) is 6.92 Å². The summed E-state index contributed by atoms with van der Waals surface area (Å²) in [6.07, 6.45) is 0. The first-order chi connectivity index (χ1) is 7.99. The molecule has 1 atom stereocenters. The maximum Gasteiger partial charge on any atom is 0.0749 e. The molecular formula is C12H8Br3ClS. The van der Waals surface area contributed by atoms with Crippen molar-refractivity contribution in [2.75, 3.05) is 0 Å². The summed E-state index contributed by atoms with van der Waals surface area (Å²) >= 11 is 18.6. The Balaban J connectivity index is 2.39. The second-order valence-electron chi connectivity index (χ2n) is 3.58. The van der Waals surface area contributed by atoms with E-state index in [1.54, 1.807) is 11.3 Å².